The van der Waals surface area contributed by atoms with Gasteiger partial charge in [-0.05, 0) is 25.3 Å². The van der Waals surface area contributed by atoms with Gasteiger partial charge in [-0.25, -0.2) is 0 Å². The first kappa shape index (κ1) is 15.3. The molecule has 1 atom stereocenters. The molecule has 1 N–H and O–H groups in total. The number of fused-ring (bicyclic) bond motifs is 1. The second kappa shape index (κ2) is 6.83. The Kier molecular flexibility index (Phi) is 7.48. The Morgan fingerprint density at radius 3 is 2.93 bits per heavy atom. The second-order valence-electron chi connectivity index (χ2n) is 3.19. The molecule has 72 valence electrons. The molecule has 0 radical (unpaired) electrons. The Balaban J connectivity index is 0.000000845. The Morgan fingerprint density at radius 2 is 2.29 bits per heavy atom. The molecule has 3 nitrogen and oxygen atoms in total. The van der Waals surface area contributed by atoms with E-state index in [1.165, 1.54) is 0 Å². The van der Waals surface area contributed by atoms with Gasteiger partial charge in [0.1, 0.15) is 5.92 Å². The van der Waals surface area contributed by atoms with E-state index in [4.69, 9.17) is 12.4 Å². The predicted molar refractivity (Wildman–Crippen MR) is 46.1 cm³/mol. The second-order valence-corrected chi connectivity index (χ2v) is 3.63. The first-order chi connectivity index (χ1) is 5.79. The van der Waals surface area contributed by atoms with Gasteiger partial charge >= 0.3 is 51.4 Å². The van der Waals surface area contributed by atoms with E-state index in [1.54, 1.807) is 3.95 Å². The molecular weight excluding hydrogens is 291 g/mol. The van der Waals surface area contributed by atoms with E-state index in [-0.39, 0.29) is 80.2 Å². The van der Waals surface area contributed by atoms with Crippen molar-refractivity contribution in [2.75, 3.05) is 6.67 Å². The molecular formula is C8H11BrKN2OS+. The summed E-state index contributed by atoms with van der Waals surface area (Å²) in [6.45, 7) is 0.483. The number of carbonyl (C=O) groups is 1. The number of allylic oxidation sites excluding steroid dienone is 1. The molecule has 1 aliphatic carbocycles. The van der Waals surface area contributed by atoms with Gasteiger partial charge in [0.05, 0.1) is 0 Å². The van der Waals surface area contributed by atoms with E-state index in [9.17, 15) is 4.79 Å². The predicted octanol–water partition coefficient (Wildman–Crippen LogP) is -5.49. The molecule has 0 aromatic rings. The molecule has 14 heavy (non-hydrogen) atoms. The number of carbonyl (C=O) groups excluding carboxylic acids is 1. The maximum absolute atomic E-state index is 11.3. The minimum Gasteiger partial charge on any atom is -1.00 e. The summed E-state index contributed by atoms with van der Waals surface area (Å²) in [5.41, 5.74) is 1.04. The molecule has 0 aromatic carbocycles. The fourth-order valence-electron chi connectivity index (χ4n) is 1.77. The van der Waals surface area contributed by atoms with Gasteiger partial charge in [-0.1, -0.05) is 0 Å². The van der Waals surface area contributed by atoms with Crippen LogP contribution in [0.15, 0.2) is 11.8 Å². The minimum absolute atomic E-state index is 0. The summed E-state index contributed by atoms with van der Waals surface area (Å²) in [4.78, 5) is 11.3. The topological polar surface area (TPSA) is 32.1 Å². The van der Waals surface area contributed by atoms with Crippen molar-refractivity contribution in [3.63, 3.8) is 0 Å². The van der Waals surface area contributed by atoms with Gasteiger partial charge in [0.2, 0.25) is 18.3 Å². The summed E-state index contributed by atoms with van der Waals surface area (Å²) in [5.74, 6) is 0.173. The van der Waals surface area contributed by atoms with Crippen LogP contribution in [-0.4, -0.2) is 16.5 Å². The van der Waals surface area contributed by atoms with Gasteiger partial charge in [0.25, 0.3) is 12.4 Å². The quantitative estimate of drug-likeness (QED) is 0.358. The zero-order valence-electron chi connectivity index (χ0n) is 8.12. The van der Waals surface area contributed by atoms with Crippen molar-refractivity contribution in [1.82, 2.24) is 5.32 Å². The number of nitrogens with one attached hydrogen (secondary N) is 1. The van der Waals surface area contributed by atoms with Crippen molar-refractivity contribution in [3.05, 3.63) is 11.8 Å². The first-order valence-corrected chi connectivity index (χ1v) is 4.58. The first-order valence-electron chi connectivity index (χ1n) is 4.21. The molecule has 2 rings (SSSR count). The fraction of sp³-hybridized carbons (Fsp3) is 0.625. The third-order valence-electron chi connectivity index (χ3n) is 2.41. The zero-order valence-corrected chi connectivity index (χ0v) is 13.7. The van der Waals surface area contributed by atoms with Gasteiger partial charge in [-0.2, -0.15) is 0 Å². The van der Waals surface area contributed by atoms with Crippen molar-refractivity contribution < 1.29 is 77.1 Å². The van der Waals surface area contributed by atoms with Crippen LogP contribution in [0.3, 0.4) is 0 Å². The summed E-state index contributed by atoms with van der Waals surface area (Å²) < 4.78 is 1.71. The van der Waals surface area contributed by atoms with Crippen LogP contribution in [0, 0.1) is 5.92 Å². The molecule has 1 heterocycles. The van der Waals surface area contributed by atoms with Crippen LogP contribution in [0.2, 0.25) is 0 Å². The number of hydrogen-bond donors (Lipinski definition) is 1. The van der Waals surface area contributed by atoms with E-state index in [1.807, 2.05) is 0 Å². The van der Waals surface area contributed by atoms with Gasteiger partial charge in [-0.3, -0.25) is 10.1 Å². The number of nitrogens with zero attached hydrogens (tertiary/aromatic N) is 1. The average Bonchev–Trinajstić information content (AvgIpc) is 2.12. The maximum atomic E-state index is 11.3. The Hall–Kier alpha value is 1.35. The third-order valence-corrected chi connectivity index (χ3v) is 2.75. The largest absolute Gasteiger partial charge is 1.00 e. The van der Waals surface area contributed by atoms with Gasteiger partial charge in [0.15, 0.2) is 0 Å². The standard InChI is InChI=1S/C8H10N2OS.BrH.K/c11-8-6-3-1-2-4-7(6)10(12)5-9-8;;/h4,6H,1-3,5H2;1H;/q;;+1. The van der Waals surface area contributed by atoms with Gasteiger partial charge < -0.3 is 17.0 Å². The molecule has 0 saturated carbocycles. The van der Waals surface area contributed by atoms with E-state index in [0.717, 1.165) is 25.0 Å². The zero-order chi connectivity index (χ0) is 8.55. The minimum atomic E-state index is 0. The summed E-state index contributed by atoms with van der Waals surface area (Å²) in [5, 5.41) is 2.77. The molecule has 1 fully saturated rings. The van der Waals surface area contributed by atoms with Crippen molar-refractivity contribution >= 4 is 18.3 Å². The van der Waals surface area contributed by atoms with Gasteiger partial charge in [0, 0.05) is 0 Å². The monoisotopic (exact) mass is 301 g/mol. The average molecular weight is 302 g/mol. The van der Waals surface area contributed by atoms with Crippen molar-refractivity contribution in [2.24, 2.45) is 5.92 Å². The molecule has 6 heteroatoms. The summed E-state index contributed by atoms with van der Waals surface area (Å²) in [6.07, 6.45) is 5.21. The van der Waals surface area contributed by atoms with Crippen LogP contribution in [0.4, 0.5) is 0 Å². The Labute approximate surface area is 142 Å². The Bertz CT molecular complexity index is 283. The van der Waals surface area contributed by atoms with Crippen molar-refractivity contribution in [3.8, 4) is 0 Å². The van der Waals surface area contributed by atoms with Crippen LogP contribution in [-0.2, 0) is 17.2 Å². The summed E-state index contributed by atoms with van der Waals surface area (Å²) >= 11 is 5.09. The molecule has 1 amide bonds. The van der Waals surface area contributed by atoms with Crippen LogP contribution in [0.1, 0.15) is 19.3 Å². The van der Waals surface area contributed by atoms with Crippen LogP contribution < -0.4 is 73.7 Å². The molecule has 2 aliphatic rings. The van der Waals surface area contributed by atoms with Crippen LogP contribution >= 0.6 is 0 Å². The van der Waals surface area contributed by atoms with Crippen molar-refractivity contribution in [2.45, 2.75) is 19.3 Å². The van der Waals surface area contributed by atoms with Crippen molar-refractivity contribution in [1.29, 1.82) is 0 Å². The number of halogens is 1. The van der Waals surface area contributed by atoms with E-state index >= 15 is 0 Å². The molecule has 0 spiro atoms. The molecule has 0 bridgehead atoms. The number of rotatable bonds is 0. The fourth-order valence-corrected chi connectivity index (χ4v) is 2.03. The summed E-state index contributed by atoms with van der Waals surface area (Å²) in [6, 6.07) is 0. The van der Waals surface area contributed by atoms with Gasteiger partial charge in [-0.15, -0.1) is 3.95 Å². The Morgan fingerprint density at radius 1 is 1.57 bits per heavy atom. The smallest absolute Gasteiger partial charge is 1.00 e. The SMILES string of the molecule is O=C1NC[N+](=S)C2=CCCCC12.[Br-].[K+]. The number of amides is 1. The molecule has 1 unspecified atom stereocenters. The normalized spacial score (nSPS) is 24.9. The summed E-state index contributed by atoms with van der Waals surface area (Å²) in [7, 11) is 0. The van der Waals surface area contributed by atoms with Crippen LogP contribution in [0.25, 0.3) is 0 Å². The molecule has 0 aromatic heterocycles. The van der Waals surface area contributed by atoms with Crippen LogP contribution in [0.5, 0.6) is 0 Å². The third kappa shape index (κ3) is 3.17. The molecule has 1 saturated heterocycles. The maximum Gasteiger partial charge on any atom is 1.00 e. The van der Waals surface area contributed by atoms with E-state index in [0.29, 0.717) is 6.67 Å². The van der Waals surface area contributed by atoms with E-state index < -0.39 is 0 Å². The number of hydrogen-bond acceptors (Lipinski definition) is 2. The van der Waals surface area contributed by atoms with E-state index in [2.05, 4.69) is 11.4 Å². The molecule has 1 aliphatic heterocycles.